The predicted molar refractivity (Wildman–Crippen MR) is 51.8 cm³/mol. The van der Waals surface area contributed by atoms with Crippen molar-refractivity contribution in [2.45, 2.75) is 0 Å². The van der Waals surface area contributed by atoms with Gasteiger partial charge in [0.1, 0.15) is 5.82 Å². The van der Waals surface area contributed by atoms with Crippen molar-refractivity contribution in [1.29, 1.82) is 0 Å². The van der Waals surface area contributed by atoms with Crippen LogP contribution in [-0.2, 0) is 0 Å². The molecule has 0 fully saturated rings. The van der Waals surface area contributed by atoms with Gasteiger partial charge in [0, 0.05) is 32.9 Å². The number of hydrogen-bond donors (Lipinski definition) is 1. The minimum Gasteiger partial charge on any atom is -0.373 e. The lowest BCUT2D eigenvalue weighted by molar-refractivity contribution is 0.0827. The monoisotopic (exact) mass is 179 g/mol. The van der Waals surface area contributed by atoms with E-state index in [1.165, 1.54) is 4.90 Å². The number of amides is 1. The molecule has 1 rings (SSSR count). The van der Waals surface area contributed by atoms with Crippen molar-refractivity contribution in [2.75, 3.05) is 26.5 Å². The molecule has 0 aliphatic rings. The second-order valence-electron chi connectivity index (χ2n) is 2.88. The van der Waals surface area contributed by atoms with E-state index in [9.17, 15) is 4.79 Å². The Morgan fingerprint density at radius 1 is 1.54 bits per heavy atom. The van der Waals surface area contributed by atoms with Gasteiger partial charge < -0.3 is 10.2 Å². The van der Waals surface area contributed by atoms with E-state index in [1.54, 1.807) is 39.5 Å². The van der Waals surface area contributed by atoms with Crippen molar-refractivity contribution in [3.63, 3.8) is 0 Å². The first kappa shape index (κ1) is 9.51. The number of aromatic nitrogens is 1. The van der Waals surface area contributed by atoms with Crippen LogP contribution in [0.15, 0.2) is 18.3 Å². The van der Waals surface area contributed by atoms with Crippen molar-refractivity contribution in [3.05, 3.63) is 23.9 Å². The van der Waals surface area contributed by atoms with Gasteiger partial charge in [-0.1, -0.05) is 0 Å². The third-order valence-electron chi connectivity index (χ3n) is 1.67. The van der Waals surface area contributed by atoms with Gasteiger partial charge in [0.05, 0.1) is 0 Å². The summed E-state index contributed by atoms with van der Waals surface area (Å²) in [5, 5.41) is 2.88. The molecular weight excluding hydrogens is 166 g/mol. The lowest BCUT2D eigenvalue weighted by Crippen LogP contribution is -2.21. The summed E-state index contributed by atoms with van der Waals surface area (Å²) in [6.45, 7) is 0. The smallest absolute Gasteiger partial charge is 0.253 e. The highest BCUT2D eigenvalue weighted by molar-refractivity contribution is 5.94. The van der Waals surface area contributed by atoms with Gasteiger partial charge in [0.2, 0.25) is 0 Å². The van der Waals surface area contributed by atoms with Gasteiger partial charge in [-0.3, -0.25) is 4.79 Å². The molecule has 1 N–H and O–H groups in total. The quantitative estimate of drug-likeness (QED) is 0.731. The van der Waals surface area contributed by atoms with Crippen LogP contribution in [0.25, 0.3) is 0 Å². The molecule has 1 aromatic heterocycles. The van der Waals surface area contributed by atoms with Crippen molar-refractivity contribution in [2.24, 2.45) is 0 Å². The Bertz CT molecular complexity index is 309. The van der Waals surface area contributed by atoms with E-state index in [1.807, 2.05) is 0 Å². The summed E-state index contributed by atoms with van der Waals surface area (Å²) in [6, 6.07) is 3.42. The number of nitrogens with one attached hydrogen (secondary N) is 1. The van der Waals surface area contributed by atoms with Gasteiger partial charge >= 0.3 is 0 Å². The summed E-state index contributed by atoms with van der Waals surface area (Å²) in [7, 11) is 5.22. The minimum absolute atomic E-state index is 0.0149. The Kier molecular flexibility index (Phi) is 2.84. The van der Waals surface area contributed by atoms with E-state index in [0.29, 0.717) is 11.4 Å². The second kappa shape index (κ2) is 3.89. The van der Waals surface area contributed by atoms with Crippen LogP contribution in [-0.4, -0.2) is 36.9 Å². The predicted octanol–water partition coefficient (Wildman–Crippen LogP) is 0.825. The van der Waals surface area contributed by atoms with E-state index in [-0.39, 0.29) is 5.91 Å². The van der Waals surface area contributed by atoms with E-state index in [0.717, 1.165) is 0 Å². The van der Waals surface area contributed by atoms with Crippen LogP contribution in [0.5, 0.6) is 0 Å². The van der Waals surface area contributed by atoms with Crippen LogP contribution in [0.4, 0.5) is 5.82 Å². The second-order valence-corrected chi connectivity index (χ2v) is 2.88. The van der Waals surface area contributed by atoms with Gasteiger partial charge in [0.25, 0.3) is 5.91 Å². The van der Waals surface area contributed by atoms with Crippen LogP contribution >= 0.6 is 0 Å². The Hall–Kier alpha value is -1.58. The first-order valence-corrected chi connectivity index (χ1v) is 4.00. The molecule has 0 bridgehead atoms. The SMILES string of the molecule is CNc1cc(C(=O)N(C)C)ccn1. The Morgan fingerprint density at radius 2 is 2.23 bits per heavy atom. The lowest BCUT2D eigenvalue weighted by atomic mass is 10.2. The van der Waals surface area contributed by atoms with Crippen LogP contribution in [0.3, 0.4) is 0 Å². The summed E-state index contributed by atoms with van der Waals surface area (Å²) < 4.78 is 0. The Morgan fingerprint density at radius 3 is 2.77 bits per heavy atom. The largest absolute Gasteiger partial charge is 0.373 e. The molecule has 4 heteroatoms. The van der Waals surface area contributed by atoms with E-state index in [2.05, 4.69) is 10.3 Å². The zero-order valence-corrected chi connectivity index (χ0v) is 8.03. The fraction of sp³-hybridized carbons (Fsp3) is 0.333. The standard InChI is InChI=1S/C9H13N3O/c1-10-8-6-7(4-5-11-8)9(13)12(2)3/h4-6H,1-3H3,(H,10,11). The van der Waals surface area contributed by atoms with Crippen molar-refractivity contribution in [3.8, 4) is 0 Å². The summed E-state index contributed by atoms with van der Waals surface area (Å²) in [6.07, 6.45) is 1.61. The third kappa shape index (κ3) is 2.18. The molecule has 0 spiro atoms. The minimum atomic E-state index is -0.0149. The highest BCUT2D eigenvalue weighted by Crippen LogP contribution is 2.07. The number of carbonyl (C=O) groups excluding carboxylic acids is 1. The maximum atomic E-state index is 11.5. The average Bonchev–Trinajstić information content (AvgIpc) is 2.16. The molecule has 0 unspecified atom stereocenters. The number of nitrogens with zero attached hydrogens (tertiary/aromatic N) is 2. The molecule has 70 valence electrons. The number of anilines is 1. The van der Waals surface area contributed by atoms with E-state index in [4.69, 9.17) is 0 Å². The molecule has 0 aliphatic carbocycles. The molecule has 1 heterocycles. The Labute approximate surface area is 77.6 Å². The Balaban J connectivity index is 2.95. The first-order valence-electron chi connectivity index (χ1n) is 4.00. The summed E-state index contributed by atoms with van der Waals surface area (Å²) in [5.74, 6) is 0.687. The average molecular weight is 179 g/mol. The number of pyridine rings is 1. The van der Waals surface area contributed by atoms with Crippen molar-refractivity contribution < 1.29 is 4.79 Å². The zero-order chi connectivity index (χ0) is 9.84. The van der Waals surface area contributed by atoms with E-state index >= 15 is 0 Å². The molecule has 1 aromatic rings. The molecule has 0 aliphatic heterocycles. The molecular formula is C9H13N3O. The molecule has 0 saturated heterocycles. The summed E-state index contributed by atoms with van der Waals surface area (Å²) in [5.41, 5.74) is 0.643. The summed E-state index contributed by atoms with van der Waals surface area (Å²) >= 11 is 0. The number of hydrogen-bond acceptors (Lipinski definition) is 3. The van der Waals surface area contributed by atoms with Crippen LogP contribution in [0.1, 0.15) is 10.4 Å². The van der Waals surface area contributed by atoms with Gasteiger partial charge in [-0.05, 0) is 12.1 Å². The van der Waals surface area contributed by atoms with Gasteiger partial charge in [-0.2, -0.15) is 0 Å². The molecule has 0 radical (unpaired) electrons. The third-order valence-corrected chi connectivity index (χ3v) is 1.67. The maximum Gasteiger partial charge on any atom is 0.253 e. The number of carbonyl (C=O) groups is 1. The zero-order valence-electron chi connectivity index (χ0n) is 8.03. The normalized spacial score (nSPS) is 9.46. The molecule has 0 atom stereocenters. The van der Waals surface area contributed by atoms with Gasteiger partial charge in [0.15, 0.2) is 0 Å². The van der Waals surface area contributed by atoms with Crippen molar-refractivity contribution in [1.82, 2.24) is 9.88 Å². The highest BCUT2D eigenvalue weighted by atomic mass is 16.2. The number of rotatable bonds is 2. The molecule has 4 nitrogen and oxygen atoms in total. The molecule has 0 aromatic carbocycles. The van der Waals surface area contributed by atoms with E-state index < -0.39 is 0 Å². The van der Waals surface area contributed by atoms with Crippen LogP contribution < -0.4 is 5.32 Å². The van der Waals surface area contributed by atoms with Crippen LogP contribution in [0, 0.1) is 0 Å². The fourth-order valence-corrected chi connectivity index (χ4v) is 0.958. The van der Waals surface area contributed by atoms with Gasteiger partial charge in [-0.15, -0.1) is 0 Å². The topological polar surface area (TPSA) is 45.2 Å². The molecule has 1 amide bonds. The van der Waals surface area contributed by atoms with Gasteiger partial charge in [-0.25, -0.2) is 4.98 Å². The molecule has 0 saturated carbocycles. The van der Waals surface area contributed by atoms with Crippen LogP contribution in [0.2, 0.25) is 0 Å². The first-order chi connectivity index (χ1) is 6.15. The highest BCUT2D eigenvalue weighted by Gasteiger charge is 2.07. The maximum absolute atomic E-state index is 11.5. The molecule has 13 heavy (non-hydrogen) atoms. The summed E-state index contributed by atoms with van der Waals surface area (Å²) in [4.78, 5) is 17.0. The lowest BCUT2D eigenvalue weighted by Gasteiger charge is -2.10. The fourth-order valence-electron chi connectivity index (χ4n) is 0.958. The van der Waals surface area contributed by atoms with Crippen molar-refractivity contribution >= 4 is 11.7 Å².